The predicted molar refractivity (Wildman–Crippen MR) is 75.3 cm³/mol. The Balaban J connectivity index is 2.26. The first-order valence-electron chi connectivity index (χ1n) is 5.80. The van der Waals surface area contributed by atoms with E-state index in [9.17, 15) is 4.79 Å². The lowest BCUT2D eigenvalue weighted by atomic mass is 10.1. The van der Waals surface area contributed by atoms with Crippen molar-refractivity contribution in [2.45, 2.75) is 6.92 Å². The second-order valence-corrected chi connectivity index (χ2v) is 5.00. The highest BCUT2D eigenvalue weighted by molar-refractivity contribution is 7.25. The number of carbonyl (C=O) groups excluding carboxylic acids is 1. The quantitative estimate of drug-likeness (QED) is 0.726. The number of hydrogen-bond acceptors (Lipinski definition) is 6. The van der Waals surface area contributed by atoms with Crippen LogP contribution in [-0.2, 0) is 4.74 Å². The fourth-order valence-corrected chi connectivity index (χ4v) is 3.00. The Labute approximate surface area is 113 Å². The van der Waals surface area contributed by atoms with Crippen LogP contribution in [0.4, 0.5) is 5.82 Å². The Morgan fingerprint density at radius 3 is 3.05 bits per heavy atom. The van der Waals surface area contributed by atoms with Crippen LogP contribution in [0.3, 0.4) is 0 Å². The zero-order chi connectivity index (χ0) is 13.4. The zero-order valence-corrected chi connectivity index (χ0v) is 11.0. The van der Waals surface area contributed by atoms with Crippen LogP contribution in [0.5, 0.6) is 0 Å². The van der Waals surface area contributed by atoms with Crippen molar-refractivity contribution in [2.75, 3.05) is 12.3 Å². The van der Waals surface area contributed by atoms with E-state index in [-0.39, 0.29) is 5.97 Å². The summed E-state index contributed by atoms with van der Waals surface area (Å²) in [5.41, 5.74) is 6.40. The topological polar surface area (TPSA) is 78.1 Å². The van der Waals surface area contributed by atoms with Crippen LogP contribution >= 0.6 is 11.3 Å². The number of nitrogen functional groups attached to an aromatic ring is 1. The number of hydrogen-bond donors (Lipinski definition) is 1. The molecular weight excluding hydrogens is 262 g/mol. The van der Waals surface area contributed by atoms with Crippen LogP contribution in [0.15, 0.2) is 24.5 Å². The minimum Gasteiger partial charge on any atom is -0.462 e. The molecular formula is C13H11N3O2S. The van der Waals surface area contributed by atoms with Gasteiger partial charge in [-0.1, -0.05) is 0 Å². The summed E-state index contributed by atoms with van der Waals surface area (Å²) in [6.07, 6.45) is 1.44. The number of ether oxygens (including phenoxy) is 1. The van der Waals surface area contributed by atoms with E-state index in [0.717, 1.165) is 20.3 Å². The van der Waals surface area contributed by atoms with Crippen LogP contribution in [0.25, 0.3) is 20.3 Å². The maximum atomic E-state index is 11.7. The third kappa shape index (κ3) is 1.90. The number of esters is 1. The molecule has 2 aromatic heterocycles. The molecule has 0 amide bonds. The number of rotatable bonds is 2. The summed E-state index contributed by atoms with van der Waals surface area (Å²) in [5.74, 6) is 0.0939. The maximum absolute atomic E-state index is 11.7. The van der Waals surface area contributed by atoms with E-state index >= 15 is 0 Å². The van der Waals surface area contributed by atoms with Gasteiger partial charge in [0.15, 0.2) is 0 Å². The fraction of sp³-hybridized carbons (Fsp3) is 0.154. The predicted octanol–water partition coefficient (Wildman–Crippen LogP) is 2.60. The fourth-order valence-electron chi connectivity index (χ4n) is 1.97. The second-order valence-electron chi connectivity index (χ2n) is 3.97. The molecule has 0 radical (unpaired) electrons. The summed E-state index contributed by atoms with van der Waals surface area (Å²) in [7, 11) is 0. The Hall–Kier alpha value is -2.21. The van der Waals surface area contributed by atoms with Gasteiger partial charge in [0.05, 0.1) is 17.6 Å². The maximum Gasteiger partial charge on any atom is 0.338 e. The summed E-state index contributed by atoms with van der Waals surface area (Å²) < 4.78 is 6.02. The number of nitrogens with zero attached hydrogens (tertiary/aromatic N) is 2. The standard InChI is InChI=1S/C13H11N3O2S/c1-2-18-13(17)7-3-4-9-8(5-7)10-11(14)15-6-16-12(10)19-9/h3-6H,2H2,1H3,(H2,14,15,16). The molecule has 5 nitrogen and oxygen atoms in total. The van der Waals surface area contributed by atoms with Gasteiger partial charge < -0.3 is 10.5 Å². The lowest BCUT2D eigenvalue weighted by Crippen LogP contribution is -2.03. The van der Waals surface area contributed by atoms with Crippen molar-refractivity contribution >= 4 is 43.4 Å². The van der Waals surface area contributed by atoms with Crippen LogP contribution < -0.4 is 5.73 Å². The molecule has 2 heterocycles. The molecule has 6 heteroatoms. The van der Waals surface area contributed by atoms with Crippen molar-refractivity contribution in [3.05, 3.63) is 30.1 Å². The van der Waals surface area contributed by atoms with E-state index < -0.39 is 0 Å². The van der Waals surface area contributed by atoms with E-state index in [1.807, 2.05) is 6.07 Å². The van der Waals surface area contributed by atoms with E-state index in [2.05, 4.69) is 9.97 Å². The minimum absolute atomic E-state index is 0.334. The molecule has 3 rings (SSSR count). The molecule has 96 valence electrons. The monoisotopic (exact) mass is 273 g/mol. The van der Waals surface area contributed by atoms with Crippen LogP contribution in [-0.4, -0.2) is 22.5 Å². The SMILES string of the molecule is CCOC(=O)c1ccc2sc3ncnc(N)c3c2c1. The number of anilines is 1. The molecule has 0 saturated heterocycles. The van der Waals surface area contributed by atoms with Gasteiger partial charge in [-0.25, -0.2) is 14.8 Å². The average Bonchev–Trinajstić information content (AvgIpc) is 2.77. The number of benzene rings is 1. The summed E-state index contributed by atoms with van der Waals surface area (Å²) in [4.78, 5) is 20.8. The van der Waals surface area contributed by atoms with Crippen molar-refractivity contribution in [3.63, 3.8) is 0 Å². The van der Waals surface area contributed by atoms with Crippen molar-refractivity contribution in [1.82, 2.24) is 9.97 Å². The molecule has 0 saturated carbocycles. The van der Waals surface area contributed by atoms with Gasteiger partial charge in [0.25, 0.3) is 0 Å². The number of thiophene rings is 1. The molecule has 0 unspecified atom stereocenters. The number of nitrogens with two attached hydrogens (primary N) is 1. The normalized spacial score (nSPS) is 11.0. The molecule has 0 atom stereocenters. The lowest BCUT2D eigenvalue weighted by molar-refractivity contribution is 0.0526. The molecule has 0 aliphatic heterocycles. The molecule has 2 N–H and O–H groups in total. The van der Waals surface area contributed by atoms with Gasteiger partial charge in [-0.3, -0.25) is 0 Å². The Morgan fingerprint density at radius 1 is 1.42 bits per heavy atom. The van der Waals surface area contributed by atoms with Crippen LogP contribution in [0.2, 0.25) is 0 Å². The van der Waals surface area contributed by atoms with Gasteiger partial charge in [-0.05, 0) is 25.1 Å². The number of aromatic nitrogens is 2. The van der Waals surface area contributed by atoms with Gasteiger partial charge in [0.2, 0.25) is 0 Å². The lowest BCUT2D eigenvalue weighted by Gasteiger charge is -2.02. The van der Waals surface area contributed by atoms with Gasteiger partial charge in [0.1, 0.15) is 17.0 Å². The van der Waals surface area contributed by atoms with E-state index in [1.165, 1.54) is 17.7 Å². The van der Waals surface area contributed by atoms with Crippen molar-refractivity contribution in [1.29, 1.82) is 0 Å². The molecule has 0 aliphatic rings. The molecule has 0 fully saturated rings. The van der Waals surface area contributed by atoms with Crippen molar-refractivity contribution in [2.24, 2.45) is 0 Å². The Morgan fingerprint density at radius 2 is 2.26 bits per heavy atom. The first-order chi connectivity index (χ1) is 9.20. The van der Waals surface area contributed by atoms with E-state index in [1.54, 1.807) is 19.1 Å². The summed E-state index contributed by atoms with van der Waals surface area (Å²) in [6, 6.07) is 5.42. The third-order valence-corrected chi connectivity index (χ3v) is 3.89. The largest absolute Gasteiger partial charge is 0.462 e. The minimum atomic E-state index is -0.334. The number of fused-ring (bicyclic) bond motifs is 3. The third-order valence-electron chi connectivity index (χ3n) is 2.81. The highest BCUT2D eigenvalue weighted by Gasteiger charge is 2.13. The summed E-state index contributed by atoms with van der Waals surface area (Å²) in [5, 5.41) is 1.69. The summed E-state index contributed by atoms with van der Waals surface area (Å²) in [6.45, 7) is 2.13. The Bertz CT molecular complexity index is 782. The van der Waals surface area contributed by atoms with Gasteiger partial charge in [0, 0.05) is 10.1 Å². The van der Waals surface area contributed by atoms with Gasteiger partial charge in [-0.15, -0.1) is 11.3 Å². The highest BCUT2D eigenvalue weighted by atomic mass is 32.1. The van der Waals surface area contributed by atoms with Crippen molar-refractivity contribution < 1.29 is 9.53 Å². The van der Waals surface area contributed by atoms with Crippen LogP contribution in [0.1, 0.15) is 17.3 Å². The molecule has 0 spiro atoms. The van der Waals surface area contributed by atoms with Gasteiger partial charge >= 0.3 is 5.97 Å². The Kier molecular flexibility index (Phi) is 2.79. The van der Waals surface area contributed by atoms with Gasteiger partial charge in [-0.2, -0.15) is 0 Å². The van der Waals surface area contributed by atoms with E-state index in [4.69, 9.17) is 10.5 Å². The van der Waals surface area contributed by atoms with Crippen molar-refractivity contribution in [3.8, 4) is 0 Å². The average molecular weight is 273 g/mol. The smallest absolute Gasteiger partial charge is 0.338 e. The molecule has 1 aromatic carbocycles. The first kappa shape index (κ1) is 11.9. The first-order valence-corrected chi connectivity index (χ1v) is 6.62. The van der Waals surface area contributed by atoms with Crippen LogP contribution in [0, 0.1) is 0 Å². The zero-order valence-electron chi connectivity index (χ0n) is 10.2. The molecule has 19 heavy (non-hydrogen) atoms. The molecule has 0 aliphatic carbocycles. The molecule has 3 aromatic rings. The van der Waals surface area contributed by atoms with E-state index in [0.29, 0.717) is 18.0 Å². The highest BCUT2D eigenvalue weighted by Crippen LogP contribution is 2.35. The second kappa shape index (κ2) is 4.47. The molecule has 0 bridgehead atoms. The summed E-state index contributed by atoms with van der Waals surface area (Å²) >= 11 is 1.53. The number of carbonyl (C=O) groups is 1.